The molecule has 1 fully saturated rings. The van der Waals surface area contributed by atoms with Gasteiger partial charge in [-0.1, -0.05) is 58.3 Å². The summed E-state index contributed by atoms with van der Waals surface area (Å²) in [5.74, 6) is 0.0981. The number of hydrogen-bond donors (Lipinski definition) is 1. The first-order chi connectivity index (χ1) is 10.7. The molecule has 1 rings (SSSR count). The summed E-state index contributed by atoms with van der Waals surface area (Å²) in [7, 11) is 0. The Balaban J connectivity index is 1.99. The Kier molecular flexibility index (Phi) is 11.4. The summed E-state index contributed by atoms with van der Waals surface area (Å²) in [5.41, 5.74) is 0. The van der Waals surface area contributed by atoms with Crippen molar-refractivity contribution >= 4 is 5.97 Å². The molecule has 0 heterocycles. The van der Waals surface area contributed by atoms with E-state index in [1.54, 1.807) is 0 Å². The van der Waals surface area contributed by atoms with Gasteiger partial charge in [-0.15, -0.1) is 0 Å². The topological polar surface area (TPSA) is 46.5 Å². The second kappa shape index (κ2) is 12.9. The van der Waals surface area contributed by atoms with E-state index in [4.69, 9.17) is 9.84 Å². The molecule has 0 amide bonds. The normalized spacial score (nSPS) is 21.3. The molecule has 0 aromatic rings. The number of carboxylic acids is 1. The molecule has 130 valence electrons. The summed E-state index contributed by atoms with van der Waals surface area (Å²) in [4.78, 5) is 10.4. The maximum absolute atomic E-state index is 10.4. The molecule has 0 radical (unpaired) electrons. The number of hydrogen-bond acceptors (Lipinski definition) is 2. The van der Waals surface area contributed by atoms with Crippen LogP contribution in [-0.4, -0.2) is 23.8 Å². The van der Waals surface area contributed by atoms with Gasteiger partial charge < -0.3 is 9.84 Å². The average molecular weight is 312 g/mol. The number of unbranched alkanes of at least 4 members (excludes halogenated alkanes) is 7. The number of rotatable bonds is 14. The molecule has 0 aliphatic heterocycles. The van der Waals surface area contributed by atoms with Crippen LogP contribution in [0.2, 0.25) is 0 Å². The van der Waals surface area contributed by atoms with E-state index in [-0.39, 0.29) is 0 Å². The van der Waals surface area contributed by atoms with Crippen molar-refractivity contribution in [2.75, 3.05) is 6.61 Å². The van der Waals surface area contributed by atoms with Gasteiger partial charge in [0.25, 0.3) is 0 Å². The molecule has 22 heavy (non-hydrogen) atoms. The van der Waals surface area contributed by atoms with Crippen LogP contribution in [0.1, 0.15) is 96.8 Å². The Morgan fingerprint density at radius 2 is 1.73 bits per heavy atom. The van der Waals surface area contributed by atoms with Crippen molar-refractivity contribution in [2.45, 2.75) is 103 Å². The van der Waals surface area contributed by atoms with E-state index in [1.165, 1.54) is 64.2 Å². The van der Waals surface area contributed by atoms with Gasteiger partial charge in [0.05, 0.1) is 6.10 Å². The van der Waals surface area contributed by atoms with Gasteiger partial charge in [0.2, 0.25) is 0 Å². The van der Waals surface area contributed by atoms with Crippen molar-refractivity contribution in [3.8, 4) is 0 Å². The van der Waals surface area contributed by atoms with Crippen LogP contribution in [0.25, 0.3) is 0 Å². The van der Waals surface area contributed by atoms with Crippen LogP contribution in [0.15, 0.2) is 0 Å². The Bertz CT molecular complexity index is 278. The van der Waals surface area contributed by atoms with Crippen LogP contribution in [-0.2, 0) is 9.53 Å². The number of carbonyl (C=O) groups is 1. The molecule has 0 unspecified atom stereocenters. The summed E-state index contributed by atoms with van der Waals surface area (Å²) < 4.78 is 6.07. The first-order valence-electron chi connectivity index (χ1n) is 9.57. The summed E-state index contributed by atoms with van der Waals surface area (Å²) >= 11 is 0. The van der Waals surface area contributed by atoms with Crippen molar-refractivity contribution in [3.63, 3.8) is 0 Å². The molecule has 1 aliphatic carbocycles. The van der Waals surface area contributed by atoms with Crippen LogP contribution in [0.5, 0.6) is 0 Å². The first-order valence-corrected chi connectivity index (χ1v) is 9.57. The van der Waals surface area contributed by atoms with E-state index in [9.17, 15) is 4.79 Å². The zero-order chi connectivity index (χ0) is 16.0. The van der Waals surface area contributed by atoms with E-state index >= 15 is 0 Å². The van der Waals surface area contributed by atoms with Gasteiger partial charge in [-0.25, -0.2) is 0 Å². The third kappa shape index (κ3) is 9.45. The first kappa shape index (κ1) is 19.5. The number of ether oxygens (including phenoxy) is 1. The lowest BCUT2D eigenvalue weighted by Gasteiger charge is -2.20. The molecular weight excluding hydrogens is 276 g/mol. The van der Waals surface area contributed by atoms with E-state index < -0.39 is 5.97 Å². The highest BCUT2D eigenvalue weighted by Gasteiger charge is 2.27. The predicted octanol–water partition coefficient (Wildman–Crippen LogP) is 5.57. The number of carboxylic acid groups (broad SMARTS) is 1. The fourth-order valence-corrected chi connectivity index (χ4v) is 3.53. The van der Waals surface area contributed by atoms with Gasteiger partial charge in [0, 0.05) is 13.0 Å². The van der Waals surface area contributed by atoms with Gasteiger partial charge in [-0.3, -0.25) is 4.79 Å². The lowest BCUT2D eigenvalue weighted by atomic mass is 9.97. The van der Waals surface area contributed by atoms with Gasteiger partial charge in [-0.2, -0.15) is 0 Å². The zero-order valence-corrected chi connectivity index (χ0v) is 14.5. The predicted molar refractivity (Wildman–Crippen MR) is 91.2 cm³/mol. The van der Waals surface area contributed by atoms with E-state index in [1.807, 2.05) is 0 Å². The third-order valence-corrected chi connectivity index (χ3v) is 4.88. The SMILES string of the molecule is CCCCCCCC[C@H]1CCC[C@@H]1OCCCCCC(=O)O. The minimum atomic E-state index is -0.685. The molecule has 1 N–H and O–H groups in total. The van der Waals surface area contributed by atoms with Crippen molar-refractivity contribution in [1.82, 2.24) is 0 Å². The van der Waals surface area contributed by atoms with Gasteiger partial charge in [0.15, 0.2) is 0 Å². The number of aliphatic carboxylic acids is 1. The van der Waals surface area contributed by atoms with E-state index in [0.29, 0.717) is 12.5 Å². The largest absolute Gasteiger partial charge is 0.481 e. The lowest BCUT2D eigenvalue weighted by molar-refractivity contribution is -0.137. The molecule has 3 heteroatoms. The summed E-state index contributed by atoms with van der Waals surface area (Å²) in [6.45, 7) is 3.08. The van der Waals surface area contributed by atoms with Crippen molar-refractivity contribution in [3.05, 3.63) is 0 Å². The standard InChI is InChI=1S/C19H36O3/c1-2-3-4-5-6-8-12-17-13-11-14-18(17)22-16-10-7-9-15-19(20)21/h17-18H,2-16H2,1H3,(H,20,21)/t17-,18-/m0/s1. The molecule has 0 aromatic heterocycles. The summed E-state index contributed by atoms with van der Waals surface area (Å²) in [6.07, 6.45) is 17.0. The van der Waals surface area contributed by atoms with Crippen LogP contribution in [0, 0.1) is 5.92 Å². The molecule has 3 nitrogen and oxygen atoms in total. The molecule has 1 aliphatic rings. The highest BCUT2D eigenvalue weighted by atomic mass is 16.5. The van der Waals surface area contributed by atoms with Crippen molar-refractivity contribution in [2.24, 2.45) is 5.92 Å². The highest BCUT2D eigenvalue weighted by Crippen LogP contribution is 2.32. The fraction of sp³-hybridized carbons (Fsp3) is 0.947. The molecule has 2 atom stereocenters. The Morgan fingerprint density at radius 1 is 1.00 bits per heavy atom. The Labute approximate surface area is 136 Å². The van der Waals surface area contributed by atoms with Crippen LogP contribution in [0.3, 0.4) is 0 Å². The van der Waals surface area contributed by atoms with Crippen molar-refractivity contribution in [1.29, 1.82) is 0 Å². The highest BCUT2D eigenvalue weighted by molar-refractivity contribution is 5.66. The molecule has 1 saturated carbocycles. The van der Waals surface area contributed by atoms with Gasteiger partial charge in [-0.05, 0) is 38.0 Å². The molecule has 0 bridgehead atoms. The van der Waals surface area contributed by atoms with Gasteiger partial charge >= 0.3 is 5.97 Å². The average Bonchev–Trinajstić information content (AvgIpc) is 2.93. The quantitative estimate of drug-likeness (QED) is 0.427. The molecular formula is C19H36O3. The second-order valence-corrected chi connectivity index (χ2v) is 6.86. The van der Waals surface area contributed by atoms with Crippen molar-refractivity contribution < 1.29 is 14.6 Å². The maximum Gasteiger partial charge on any atom is 0.303 e. The van der Waals surface area contributed by atoms with Gasteiger partial charge in [0.1, 0.15) is 0 Å². The van der Waals surface area contributed by atoms with Crippen LogP contribution >= 0.6 is 0 Å². The zero-order valence-electron chi connectivity index (χ0n) is 14.5. The molecule has 0 saturated heterocycles. The minimum Gasteiger partial charge on any atom is -0.481 e. The Hall–Kier alpha value is -0.570. The smallest absolute Gasteiger partial charge is 0.303 e. The van der Waals surface area contributed by atoms with Crippen LogP contribution in [0.4, 0.5) is 0 Å². The summed E-state index contributed by atoms with van der Waals surface area (Å²) in [6, 6.07) is 0. The Morgan fingerprint density at radius 3 is 2.50 bits per heavy atom. The molecule has 0 spiro atoms. The van der Waals surface area contributed by atoms with E-state index in [2.05, 4.69) is 6.92 Å². The minimum absolute atomic E-state index is 0.296. The lowest BCUT2D eigenvalue weighted by Crippen LogP contribution is -2.19. The monoisotopic (exact) mass is 312 g/mol. The third-order valence-electron chi connectivity index (χ3n) is 4.88. The molecule has 0 aromatic carbocycles. The van der Waals surface area contributed by atoms with E-state index in [0.717, 1.165) is 31.8 Å². The summed E-state index contributed by atoms with van der Waals surface area (Å²) in [5, 5.41) is 8.60. The second-order valence-electron chi connectivity index (χ2n) is 6.86. The fourth-order valence-electron chi connectivity index (χ4n) is 3.53. The maximum atomic E-state index is 10.4. The van der Waals surface area contributed by atoms with Crippen LogP contribution < -0.4 is 0 Å².